The van der Waals surface area contributed by atoms with E-state index in [1.807, 2.05) is 0 Å². The number of carboxylic acid groups (broad SMARTS) is 1. The molecular weight excluding hydrogens is 311 g/mol. The Morgan fingerprint density at radius 2 is 2.00 bits per heavy atom. The first-order valence-electron chi connectivity index (χ1n) is 5.51. The van der Waals surface area contributed by atoms with Gasteiger partial charge in [-0.1, -0.05) is 23.7 Å². The number of hydrogen-bond acceptors (Lipinski definition) is 3. The van der Waals surface area contributed by atoms with E-state index in [-0.39, 0.29) is 21.8 Å². The minimum Gasteiger partial charge on any atom is -0.478 e. The number of pyridine rings is 1. The van der Waals surface area contributed by atoms with Crippen molar-refractivity contribution in [2.75, 3.05) is 0 Å². The van der Waals surface area contributed by atoms with E-state index in [0.29, 0.717) is 0 Å². The van der Waals surface area contributed by atoms with Gasteiger partial charge in [0.25, 0.3) is 0 Å². The van der Waals surface area contributed by atoms with E-state index in [9.17, 15) is 18.0 Å². The van der Waals surface area contributed by atoms with Gasteiger partial charge in [-0.2, -0.15) is 0 Å². The number of alkyl halides is 3. The van der Waals surface area contributed by atoms with Gasteiger partial charge in [0.05, 0.1) is 5.56 Å². The number of benzene rings is 1. The lowest BCUT2D eigenvalue weighted by atomic mass is 10.0. The van der Waals surface area contributed by atoms with Crippen molar-refractivity contribution in [2.45, 2.75) is 6.36 Å². The fourth-order valence-electron chi connectivity index (χ4n) is 1.70. The van der Waals surface area contributed by atoms with Gasteiger partial charge in [-0.3, -0.25) is 0 Å². The lowest BCUT2D eigenvalue weighted by Gasteiger charge is -2.11. The summed E-state index contributed by atoms with van der Waals surface area (Å²) in [7, 11) is 0. The highest BCUT2D eigenvalue weighted by molar-refractivity contribution is 6.29. The molecule has 1 N–H and O–H groups in total. The Bertz CT molecular complexity index is 689. The van der Waals surface area contributed by atoms with Crippen LogP contribution in [0.5, 0.6) is 5.75 Å². The molecule has 0 radical (unpaired) electrons. The van der Waals surface area contributed by atoms with E-state index in [4.69, 9.17) is 16.7 Å². The molecule has 0 unspecified atom stereocenters. The van der Waals surface area contributed by atoms with Crippen LogP contribution in [0.2, 0.25) is 5.15 Å². The summed E-state index contributed by atoms with van der Waals surface area (Å²) in [6.45, 7) is 0. The molecule has 110 valence electrons. The van der Waals surface area contributed by atoms with E-state index >= 15 is 0 Å². The average molecular weight is 318 g/mol. The molecule has 0 amide bonds. The number of nitrogens with zero attached hydrogens (tertiary/aromatic N) is 1. The maximum absolute atomic E-state index is 12.2. The van der Waals surface area contributed by atoms with Gasteiger partial charge < -0.3 is 9.84 Å². The fourth-order valence-corrected chi connectivity index (χ4v) is 1.86. The standard InChI is InChI=1S/C13H7ClF3NO3/c14-11-5-9(12(19)20)10(6-18-11)7-2-1-3-8(4-7)21-13(15,16)17/h1-6H,(H,19,20). The second kappa shape index (κ2) is 5.61. The predicted octanol–water partition coefficient (Wildman–Crippen LogP) is 4.00. The summed E-state index contributed by atoms with van der Waals surface area (Å²) in [4.78, 5) is 14.9. The number of hydrogen-bond donors (Lipinski definition) is 1. The Morgan fingerprint density at radius 3 is 2.62 bits per heavy atom. The van der Waals surface area contributed by atoms with Crippen molar-refractivity contribution in [1.29, 1.82) is 0 Å². The van der Waals surface area contributed by atoms with Gasteiger partial charge in [0.1, 0.15) is 10.9 Å². The van der Waals surface area contributed by atoms with Crippen LogP contribution in [0, 0.1) is 0 Å². The zero-order chi connectivity index (χ0) is 15.6. The van der Waals surface area contributed by atoms with Crippen molar-refractivity contribution in [1.82, 2.24) is 4.98 Å². The van der Waals surface area contributed by atoms with Crippen molar-refractivity contribution in [2.24, 2.45) is 0 Å². The highest BCUT2D eigenvalue weighted by Gasteiger charge is 2.31. The molecule has 0 bridgehead atoms. The number of rotatable bonds is 3. The molecule has 21 heavy (non-hydrogen) atoms. The number of ether oxygens (including phenoxy) is 1. The Balaban J connectivity index is 2.48. The van der Waals surface area contributed by atoms with E-state index in [1.54, 1.807) is 0 Å². The number of carboxylic acids is 1. The van der Waals surface area contributed by atoms with Gasteiger partial charge >= 0.3 is 12.3 Å². The molecule has 1 aromatic heterocycles. The van der Waals surface area contributed by atoms with Gasteiger partial charge in [0, 0.05) is 11.8 Å². The van der Waals surface area contributed by atoms with Crippen molar-refractivity contribution in [3.8, 4) is 16.9 Å². The molecular formula is C13H7ClF3NO3. The molecule has 1 aromatic carbocycles. The van der Waals surface area contributed by atoms with Gasteiger partial charge in [-0.05, 0) is 23.8 Å². The average Bonchev–Trinajstić information content (AvgIpc) is 2.36. The van der Waals surface area contributed by atoms with Crippen molar-refractivity contribution >= 4 is 17.6 Å². The molecule has 0 saturated carbocycles. The third-order valence-electron chi connectivity index (χ3n) is 2.48. The minimum absolute atomic E-state index is 0.0288. The summed E-state index contributed by atoms with van der Waals surface area (Å²) < 4.78 is 40.4. The monoisotopic (exact) mass is 317 g/mol. The summed E-state index contributed by atoms with van der Waals surface area (Å²) in [6.07, 6.45) is -3.65. The maximum atomic E-state index is 12.2. The largest absolute Gasteiger partial charge is 0.573 e. The lowest BCUT2D eigenvalue weighted by molar-refractivity contribution is -0.274. The summed E-state index contributed by atoms with van der Waals surface area (Å²) in [5.74, 6) is -1.72. The van der Waals surface area contributed by atoms with E-state index in [1.165, 1.54) is 18.3 Å². The Labute approximate surface area is 121 Å². The number of halogens is 4. The Kier molecular flexibility index (Phi) is 4.04. The molecule has 0 spiro atoms. The molecule has 0 aliphatic rings. The first-order valence-corrected chi connectivity index (χ1v) is 5.89. The van der Waals surface area contributed by atoms with Crippen LogP contribution in [-0.2, 0) is 0 Å². The maximum Gasteiger partial charge on any atom is 0.573 e. The third-order valence-corrected chi connectivity index (χ3v) is 2.69. The van der Waals surface area contributed by atoms with Crippen LogP contribution in [0.3, 0.4) is 0 Å². The normalized spacial score (nSPS) is 11.2. The van der Waals surface area contributed by atoms with Crippen LogP contribution in [0.25, 0.3) is 11.1 Å². The van der Waals surface area contributed by atoms with Crippen LogP contribution in [0.1, 0.15) is 10.4 Å². The molecule has 0 atom stereocenters. The molecule has 0 fully saturated rings. The van der Waals surface area contributed by atoms with Gasteiger partial charge in [-0.25, -0.2) is 9.78 Å². The van der Waals surface area contributed by atoms with Crippen LogP contribution in [0.4, 0.5) is 13.2 Å². The lowest BCUT2D eigenvalue weighted by Crippen LogP contribution is -2.17. The van der Waals surface area contributed by atoms with Crippen LogP contribution in [0.15, 0.2) is 36.5 Å². The molecule has 8 heteroatoms. The van der Waals surface area contributed by atoms with Crippen LogP contribution >= 0.6 is 11.6 Å². The zero-order valence-electron chi connectivity index (χ0n) is 10.2. The van der Waals surface area contributed by atoms with Crippen molar-refractivity contribution < 1.29 is 27.8 Å². The summed E-state index contributed by atoms with van der Waals surface area (Å²) in [5.41, 5.74) is 0.192. The molecule has 2 aromatic rings. The molecule has 1 heterocycles. The minimum atomic E-state index is -4.83. The second-order valence-corrected chi connectivity index (χ2v) is 4.32. The number of carbonyl (C=O) groups is 1. The SMILES string of the molecule is O=C(O)c1cc(Cl)ncc1-c1cccc(OC(F)(F)F)c1. The smallest absolute Gasteiger partial charge is 0.478 e. The zero-order valence-corrected chi connectivity index (χ0v) is 10.9. The molecule has 2 rings (SSSR count). The summed E-state index contributed by atoms with van der Waals surface area (Å²) in [5, 5.41) is 9.08. The predicted molar refractivity (Wildman–Crippen MR) is 68.3 cm³/mol. The highest BCUT2D eigenvalue weighted by Crippen LogP contribution is 2.30. The highest BCUT2D eigenvalue weighted by atomic mass is 35.5. The third kappa shape index (κ3) is 3.85. The van der Waals surface area contributed by atoms with Crippen molar-refractivity contribution in [3.63, 3.8) is 0 Å². The van der Waals surface area contributed by atoms with Gasteiger partial charge in [-0.15, -0.1) is 13.2 Å². The van der Waals surface area contributed by atoms with E-state index in [2.05, 4.69) is 9.72 Å². The number of aromatic carboxylic acids is 1. The second-order valence-electron chi connectivity index (χ2n) is 3.93. The fraction of sp³-hybridized carbons (Fsp3) is 0.0769. The molecule has 0 aliphatic heterocycles. The van der Waals surface area contributed by atoms with Crippen molar-refractivity contribution in [3.05, 3.63) is 47.2 Å². The topological polar surface area (TPSA) is 59.4 Å². The number of aromatic nitrogens is 1. The summed E-state index contributed by atoms with van der Waals surface area (Å²) >= 11 is 5.62. The van der Waals surface area contributed by atoms with Crippen LogP contribution in [-0.4, -0.2) is 22.4 Å². The molecule has 4 nitrogen and oxygen atoms in total. The van der Waals surface area contributed by atoms with E-state index in [0.717, 1.165) is 18.2 Å². The van der Waals surface area contributed by atoms with Crippen LogP contribution < -0.4 is 4.74 Å². The Morgan fingerprint density at radius 1 is 1.29 bits per heavy atom. The quantitative estimate of drug-likeness (QED) is 0.869. The Hall–Kier alpha value is -2.28. The first kappa shape index (κ1) is 15.1. The first-order chi connectivity index (χ1) is 9.76. The molecule has 0 saturated heterocycles. The van der Waals surface area contributed by atoms with Gasteiger partial charge in [0.2, 0.25) is 0 Å². The van der Waals surface area contributed by atoms with E-state index < -0.39 is 18.1 Å². The molecule has 0 aliphatic carbocycles. The summed E-state index contributed by atoms with van der Waals surface area (Å²) in [6, 6.07) is 6.07. The van der Waals surface area contributed by atoms with Gasteiger partial charge in [0.15, 0.2) is 0 Å².